The van der Waals surface area contributed by atoms with Gasteiger partial charge in [-0.2, -0.15) is 0 Å². The van der Waals surface area contributed by atoms with E-state index in [1.807, 2.05) is 0 Å². The highest BCUT2D eigenvalue weighted by Crippen LogP contribution is 2.43. The third-order valence-electron chi connectivity index (χ3n) is 17.2. The van der Waals surface area contributed by atoms with Crippen LogP contribution >= 0.6 is 0 Å². The number of para-hydroxylation sites is 3. The number of benzene rings is 15. The molecule has 17 rings (SSSR count). The summed E-state index contributed by atoms with van der Waals surface area (Å²) in [6.45, 7) is 0. The van der Waals surface area contributed by atoms with Crippen molar-refractivity contribution in [1.29, 1.82) is 0 Å². The fourth-order valence-electron chi connectivity index (χ4n) is 13.5. The second-order valence-corrected chi connectivity index (χ2v) is 21.6. The molecule has 2 heterocycles. The highest BCUT2D eigenvalue weighted by molar-refractivity contribution is 6.27. The zero-order valence-electron chi connectivity index (χ0n) is 43.6. The fourth-order valence-corrected chi connectivity index (χ4v) is 13.5. The van der Waals surface area contributed by atoms with Crippen LogP contribution in [-0.2, 0) is 0 Å². The number of hydrogen-bond acceptors (Lipinski definition) is 0. The Morgan fingerprint density at radius 3 is 0.850 bits per heavy atom. The van der Waals surface area contributed by atoms with E-state index in [1.165, 1.54) is 153 Å². The zero-order chi connectivity index (χ0) is 52.4. The SMILES string of the molecule is c1ccc(-n2c3ccc(-c4cccc(-c5ccc6c7ccccc7c7ccccc7c6c5)c4)cc3c3cc(-c4ccc5c6ccc(-c7cccc(-n8c9ccccc9c9ccccc98)c7)cc6c6ccccc6c5c4)ccc32)cc1. The molecule has 0 bridgehead atoms. The Morgan fingerprint density at radius 2 is 0.412 bits per heavy atom. The smallest absolute Gasteiger partial charge is 0.0541 e. The first kappa shape index (κ1) is 44.6. The molecule has 0 saturated carbocycles. The van der Waals surface area contributed by atoms with Crippen LogP contribution in [0.1, 0.15) is 0 Å². The average Bonchev–Trinajstić information content (AvgIpc) is 4.09. The molecule has 0 spiro atoms. The third kappa shape index (κ3) is 6.79. The molecule has 0 N–H and O–H groups in total. The van der Waals surface area contributed by atoms with Crippen LogP contribution < -0.4 is 0 Å². The molecule has 2 heteroatoms. The van der Waals surface area contributed by atoms with Gasteiger partial charge in [-0.1, -0.05) is 206 Å². The van der Waals surface area contributed by atoms with E-state index in [1.54, 1.807) is 0 Å². The highest BCUT2D eigenvalue weighted by Gasteiger charge is 2.19. The molecular weight excluding hydrogens is 965 g/mol. The molecular formula is C78H48N2. The van der Waals surface area contributed by atoms with Gasteiger partial charge in [0.1, 0.15) is 0 Å². The van der Waals surface area contributed by atoms with E-state index in [-0.39, 0.29) is 0 Å². The van der Waals surface area contributed by atoms with Crippen molar-refractivity contribution in [1.82, 2.24) is 9.13 Å². The maximum atomic E-state index is 2.42. The molecule has 0 unspecified atom stereocenters. The van der Waals surface area contributed by atoms with E-state index in [0.29, 0.717) is 0 Å². The van der Waals surface area contributed by atoms with Crippen molar-refractivity contribution in [3.8, 4) is 55.9 Å². The van der Waals surface area contributed by atoms with E-state index >= 15 is 0 Å². The summed E-state index contributed by atoms with van der Waals surface area (Å²) in [5.41, 5.74) is 16.7. The minimum atomic E-state index is 1.15. The monoisotopic (exact) mass is 1010 g/mol. The molecule has 15 aromatic carbocycles. The van der Waals surface area contributed by atoms with Crippen molar-refractivity contribution >= 4 is 108 Å². The van der Waals surface area contributed by atoms with Crippen LogP contribution in [0.4, 0.5) is 0 Å². The normalized spacial score (nSPS) is 12.0. The van der Waals surface area contributed by atoms with Gasteiger partial charge in [0.25, 0.3) is 0 Å². The number of nitrogens with zero attached hydrogens (tertiary/aromatic N) is 2. The van der Waals surface area contributed by atoms with Gasteiger partial charge in [0.2, 0.25) is 0 Å². The number of rotatable bonds is 6. The Hall–Kier alpha value is -10.5. The van der Waals surface area contributed by atoms with Crippen LogP contribution in [0, 0.1) is 0 Å². The topological polar surface area (TPSA) is 9.86 Å². The maximum absolute atomic E-state index is 2.42. The Morgan fingerprint density at radius 1 is 0.138 bits per heavy atom. The quantitative estimate of drug-likeness (QED) is 0.147. The lowest BCUT2D eigenvalue weighted by atomic mass is 9.90. The van der Waals surface area contributed by atoms with Gasteiger partial charge in [0.15, 0.2) is 0 Å². The average molecular weight is 1010 g/mol. The molecule has 2 nitrogen and oxygen atoms in total. The minimum Gasteiger partial charge on any atom is -0.309 e. The summed E-state index contributed by atoms with van der Waals surface area (Å²) in [5.74, 6) is 0. The van der Waals surface area contributed by atoms with Gasteiger partial charge in [-0.3, -0.25) is 0 Å². The van der Waals surface area contributed by atoms with Gasteiger partial charge in [-0.15, -0.1) is 0 Å². The standard InChI is InChI=1S/C78H48N2/c1-2-19-57(20-3-1)79-77-40-35-55(50-17-14-16-49(42-50)52-32-37-65-61-24-5-4-22-59(61)60-23-6-7-25-62(60)70(65)44-52)47-73(77)74-48-56(36-41-78(74)79)54-34-39-67-66-38-33-53(45-71(66)63-26-8-9-27-64(63)72(67)46-54)51-18-15-21-58(43-51)80-75-30-12-10-28-68(75)69-29-11-13-31-76(69)80/h1-48H. The summed E-state index contributed by atoms with van der Waals surface area (Å²) >= 11 is 0. The maximum Gasteiger partial charge on any atom is 0.0541 e. The van der Waals surface area contributed by atoms with Crippen LogP contribution in [0.15, 0.2) is 291 Å². The van der Waals surface area contributed by atoms with E-state index in [4.69, 9.17) is 0 Å². The van der Waals surface area contributed by atoms with Gasteiger partial charge >= 0.3 is 0 Å². The van der Waals surface area contributed by atoms with Crippen LogP contribution in [0.2, 0.25) is 0 Å². The van der Waals surface area contributed by atoms with Crippen molar-refractivity contribution in [2.45, 2.75) is 0 Å². The van der Waals surface area contributed by atoms with Crippen molar-refractivity contribution in [3.63, 3.8) is 0 Å². The largest absolute Gasteiger partial charge is 0.309 e. The Balaban J connectivity index is 0.774. The summed E-state index contributed by atoms with van der Waals surface area (Å²) in [6.07, 6.45) is 0. The Bertz CT molecular complexity index is 5310. The van der Waals surface area contributed by atoms with E-state index < -0.39 is 0 Å². The number of hydrogen-bond donors (Lipinski definition) is 0. The summed E-state index contributed by atoms with van der Waals surface area (Å²) in [6, 6.07) is 108. The first-order chi connectivity index (χ1) is 39.7. The molecule has 370 valence electrons. The molecule has 80 heavy (non-hydrogen) atoms. The van der Waals surface area contributed by atoms with E-state index in [2.05, 4.69) is 300 Å². The van der Waals surface area contributed by atoms with Gasteiger partial charge < -0.3 is 9.13 Å². The van der Waals surface area contributed by atoms with Crippen molar-refractivity contribution in [2.24, 2.45) is 0 Å². The Labute approximate surface area is 461 Å². The van der Waals surface area contributed by atoms with Crippen LogP contribution in [0.3, 0.4) is 0 Å². The van der Waals surface area contributed by atoms with Crippen molar-refractivity contribution in [3.05, 3.63) is 291 Å². The van der Waals surface area contributed by atoms with Crippen LogP contribution in [0.5, 0.6) is 0 Å². The molecule has 0 amide bonds. The second-order valence-electron chi connectivity index (χ2n) is 21.6. The molecule has 0 fully saturated rings. The number of aromatic nitrogens is 2. The molecule has 0 aliphatic rings. The molecule has 0 aliphatic carbocycles. The third-order valence-corrected chi connectivity index (χ3v) is 17.2. The molecule has 0 saturated heterocycles. The fraction of sp³-hybridized carbons (Fsp3) is 0. The lowest BCUT2D eigenvalue weighted by Crippen LogP contribution is -1.94. The minimum absolute atomic E-state index is 1.15. The summed E-state index contributed by atoms with van der Waals surface area (Å²) < 4.78 is 4.83. The van der Waals surface area contributed by atoms with Crippen molar-refractivity contribution < 1.29 is 0 Å². The van der Waals surface area contributed by atoms with E-state index in [9.17, 15) is 0 Å². The van der Waals surface area contributed by atoms with Crippen molar-refractivity contribution in [2.75, 3.05) is 0 Å². The highest BCUT2D eigenvalue weighted by atomic mass is 15.0. The molecule has 17 aromatic rings. The zero-order valence-corrected chi connectivity index (χ0v) is 43.6. The van der Waals surface area contributed by atoms with Gasteiger partial charge in [-0.05, 0) is 194 Å². The Kier molecular flexibility index (Phi) is 9.75. The number of fused-ring (bicyclic) bond motifs is 18. The second kappa shape index (κ2) is 17.5. The molecule has 0 radical (unpaired) electrons. The first-order valence-electron chi connectivity index (χ1n) is 27.7. The summed E-state index contributed by atoms with van der Waals surface area (Å²) in [4.78, 5) is 0. The van der Waals surface area contributed by atoms with E-state index in [0.717, 1.165) is 11.4 Å². The van der Waals surface area contributed by atoms with Crippen LogP contribution in [0.25, 0.3) is 164 Å². The lowest BCUT2D eigenvalue weighted by Gasteiger charge is -2.14. The molecule has 2 aromatic heterocycles. The molecule has 0 atom stereocenters. The first-order valence-corrected chi connectivity index (χ1v) is 27.7. The molecule has 0 aliphatic heterocycles. The van der Waals surface area contributed by atoms with Gasteiger partial charge in [0, 0.05) is 32.9 Å². The van der Waals surface area contributed by atoms with Gasteiger partial charge in [0.05, 0.1) is 22.1 Å². The van der Waals surface area contributed by atoms with Crippen LogP contribution in [-0.4, -0.2) is 9.13 Å². The summed E-state index contributed by atoms with van der Waals surface area (Å²) in [5, 5.41) is 20.3. The van der Waals surface area contributed by atoms with Gasteiger partial charge in [-0.25, -0.2) is 0 Å². The predicted octanol–water partition coefficient (Wildman–Crippen LogP) is 21.5. The lowest BCUT2D eigenvalue weighted by molar-refractivity contribution is 1.18. The summed E-state index contributed by atoms with van der Waals surface area (Å²) in [7, 11) is 0. The predicted molar refractivity (Wildman–Crippen MR) is 342 cm³/mol.